The fourth-order valence-corrected chi connectivity index (χ4v) is 2.94. The van der Waals surface area contributed by atoms with Gasteiger partial charge in [-0.1, -0.05) is 41.5 Å². The van der Waals surface area contributed by atoms with Gasteiger partial charge in [-0.05, 0) is 31.6 Å². The standard InChI is InChI=1S/C16H33NO/c1-14(2,3)12-10-18-11-13(15(4,5)6)17(12)16(7,8)9/h12-13H,10-11H2,1-9H3. The molecule has 2 atom stereocenters. The lowest BCUT2D eigenvalue weighted by atomic mass is 9.76. The van der Waals surface area contributed by atoms with Crippen molar-refractivity contribution >= 4 is 0 Å². The van der Waals surface area contributed by atoms with Gasteiger partial charge in [0.2, 0.25) is 0 Å². The molecule has 0 aliphatic carbocycles. The van der Waals surface area contributed by atoms with Crippen molar-refractivity contribution in [2.45, 2.75) is 79.9 Å². The summed E-state index contributed by atoms with van der Waals surface area (Å²) < 4.78 is 5.93. The predicted octanol–water partition coefficient (Wildman–Crippen LogP) is 3.95. The van der Waals surface area contributed by atoms with Crippen molar-refractivity contribution in [2.75, 3.05) is 13.2 Å². The molecule has 108 valence electrons. The molecule has 1 saturated heterocycles. The van der Waals surface area contributed by atoms with E-state index in [0.29, 0.717) is 12.1 Å². The van der Waals surface area contributed by atoms with Gasteiger partial charge in [0.15, 0.2) is 0 Å². The maximum Gasteiger partial charge on any atom is 0.0628 e. The zero-order chi connectivity index (χ0) is 14.4. The van der Waals surface area contributed by atoms with Gasteiger partial charge in [0.25, 0.3) is 0 Å². The van der Waals surface area contributed by atoms with Gasteiger partial charge in [-0.25, -0.2) is 0 Å². The van der Waals surface area contributed by atoms with Crippen LogP contribution in [0.5, 0.6) is 0 Å². The van der Waals surface area contributed by atoms with E-state index < -0.39 is 0 Å². The number of morpholine rings is 1. The summed E-state index contributed by atoms with van der Waals surface area (Å²) in [5.74, 6) is 0. The summed E-state index contributed by atoms with van der Waals surface area (Å²) in [5, 5.41) is 0. The minimum atomic E-state index is 0.180. The van der Waals surface area contributed by atoms with Crippen LogP contribution < -0.4 is 0 Å². The first-order valence-corrected chi connectivity index (χ1v) is 7.21. The highest BCUT2D eigenvalue weighted by Crippen LogP contribution is 2.39. The smallest absolute Gasteiger partial charge is 0.0628 e. The molecule has 0 saturated carbocycles. The molecule has 0 spiro atoms. The molecule has 2 heteroatoms. The molecule has 1 aliphatic rings. The van der Waals surface area contributed by atoms with Gasteiger partial charge in [0.1, 0.15) is 0 Å². The Labute approximate surface area is 114 Å². The summed E-state index contributed by atoms with van der Waals surface area (Å²) in [6.07, 6.45) is 0. The summed E-state index contributed by atoms with van der Waals surface area (Å²) in [6.45, 7) is 22.6. The average Bonchev–Trinajstić information content (AvgIpc) is 2.12. The van der Waals surface area contributed by atoms with Crippen LogP contribution >= 0.6 is 0 Å². The maximum atomic E-state index is 5.93. The maximum absolute atomic E-state index is 5.93. The summed E-state index contributed by atoms with van der Waals surface area (Å²) in [7, 11) is 0. The fourth-order valence-electron chi connectivity index (χ4n) is 2.94. The summed E-state index contributed by atoms with van der Waals surface area (Å²) in [6, 6.07) is 0.964. The molecule has 0 radical (unpaired) electrons. The molecule has 1 aliphatic heterocycles. The second-order valence-corrected chi connectivity index (χ2v) is 8.88. The SMILES string of the molecule is CC(C)(C)C1COCC(C(C)(C)C)N1C(C)(C)C. The molecule has 1 rings (SSSR count). The second kappa shape index (κ2) is 4.79. The van der Waals surface area contributed by atoms with Crippen LogP contribution in [0, 0.1) is 10.8 Å². The first-order chi connectivity index (χ1) is 7.85. The molecule has 0 aromatic heterocycles. The third kappa shape index (κ3) is 3.48. The van der Waals surface area contributed by atoms with Gasteiger partial charge in [-0.3, -0.25) is 4.90 Å². The van der Waals surface area contributed by atoms with Crippen LogP contribution in [-0.4, -0.2) is 35.7 Å². The molecule has 18 heavy (non-hydrogen) atoms. The number of hydrogen-bond acceptors (Lipinski definition) is 2. The highest BCUT2D eigenvalue weighted by Gasteiger charge is 2.46. The van der Waals surface area contributed by atoms with Gasteiger partial charge >= 0.3 is 0 Å². The second-order valence-electron chi connectivity index (χ2n) is 8.88. The van der Waals surface area contributed by atoms with Crippen molar-refractivity contribution < 1.29 is 4.74 Å². The summed E-state index contributed by atoms with van der Waals surface area (Å²) >= 11 is 0. The van der Waals surface area contributed by atoms with E-state index in [1.165, 1.54) is 0 Å². The Hall–Kier alpha value is -0.0800. The zero-order valence-corrected chi connectivity index (χ0v) is 13.9. The van der Waals surface area contributed by atoms with Crippen LogP contribution in [-0.2, 0) is 4.74 Å². The van der Waals surface area contributed by atoms with Gasteiger partial charge < -0.3 is 4.74 Å². The van der Waals surface area contributed by atoms with Crippen molar-refractivity contribution in [3.05, 3.63) is 0 Å². The van der Waals surface area contributed by atoms with Crippen LogP contribution in [0.1, 0.15) is 62.3 Å². The Morgan fingerprint density at radius 1 is 0.722 bits per heavy atom. The predicted molar refractivity (Wildman–Crippen MR) is 78.9 cm³/mol. The normalized spacial score (nSPS) is 28.5. The Kier molecular flexibility index (Phi) is 4.25. The van der Waals surface area contributed by atoms with E-state index in [9.17, 15) is 0 Å². The van der Waals surface area contributed by atoms with Gasteiger partial charge in [-0.2, -0.15) is 0 Å². The molecule has 0 aromatic carbocycles. The molecule has 2 nitrogen and oxygen atoms in total. The van der Waals surface area contributed by atoms with E-state index in [4.69, 9.17) is 4.74 Å². The van der Waals surface area contributed by atoms with Gasteiger partial charge in [-0.15, -0.1) is 0 Å². The molecule has 0 bridgehead atoms. The average molecular weight is 255 g/mol. The lowest BCUT2D eigenvalue weighted by molar-refractivity contribution is -0.148. The van der Waals surface area contributed by atoms with Crippen LogP contribution in [0.3, 0.4) is 0 Å². The van der Waals surface area contributed by atoms with Crippen LogP contribution in [0.15, 0.2) is 0 Å². The Balaban J connectivity index is 3.14. The molecular formula is C16H33NO. The quantitative estimate of drug-likeness (QED) is 0.650. The molecular weight excluding hydrogens is 222 g/mol. The first kappa shape index (κ1) is 16.0. The monoisotopic (exact) mass is 255 g/mol. The largest absolute Gasteiger partial charge is 0.378 e. The van der Waals surface area contributed by atoms with Crippen molar-refractivity contribution in [2.24, 2.45) is 10.8 Å². The van der Waals surface area contributed by atoms with E-state index in [1.807, 2.05) is 0 Å². The van der Waals surface area contributed by atoms with Crippen LogP contribution in [0.2, 0.25) is 0 Å². The Morgan fingerprint density at radius 3 is 1.28 bits per heavy atom. The number of rotatable bonds is 0. The van der Waals surface area contributed by atoms with Crippen LogP contribution in [0.4, 0.5) is 0 Å². The first-order valence-electron chi connectivity index (χ1n) is 7.21. The van der Waals surface area contributed by atoms with Gasteiger partial charge in [0, 0.05) is 17.6 Å². The Morgan fingerprint density at radius 2 is 1.06 bits per heavy atom. The molecule has 2 unspecified atom stereocenters. The molecule has 0 N–H and O–H groups in total. The van der Waals surface area contributed by atoms with E-state index in [1.54, 1.807) is 0 Å². The van der Waals surface area contributed by atoms with E-state index in [-0.39, 0.29) is 16.4 Å². The lowest BCUT2D eigenvalue weighted by Crippen LogP contribution is -2.66. The number of ether oxygens (including phenoxy) is 1. The highest BCUT2D eigenvalue weighted by atomic mass is 16.5. The number of hydrogen-bond donors (Lipinski definition) is 0. The molecule has 1 fully saturated rings. The lowest BCUT2D eigenvalue weighted by Gasteiger charge is -2.57. The topological polar surface area (TPSA) is 12.5 Å². The third-order valence-corrected chi connectivity index (χ3v) is 4.00. The van der Waals surface area contributed by atoms with Crippen molar-refractivity contribution in [1.82, 2.24) is 4.90 Å². The van der Waals surface area contributed by atoms with Crippen LogP contribution in [0.25, 0.3) is 0 Å². The van der Waals surface area contributed by atoms with Crippen molar-refractivity contribution in [3.8, 4) is 0 Å². The van der Waals surface area contributed by atoms with E-state index >= 15 is 0 Å². The fraction of sp³-hybridized carbons (Fsp3) is 1.00. The third-order valence-electron chi connectivity index (χ3n) is 4.00. The molecule has 0 aromatic rings. The van der Waals surface area contributed by atoms with Gasteiger partial charge in [0.05, 0.1) is 13.2 Å². The number of nitrogens with zero attached hydrogens (tertiary/aromatic N) is 1. The minimum Gasteiger partial charge on any atom is -0.378 e. The summed E-state index contributed by atoms with van der Waals surface area (Å²) in [4.78, 5) is 2.70. The summed E-state index contributed by atoms with van der Waals surface area (Å²) in [5.41, 5.74) is 0.675. The van der Waals surface area contributed by atoms with Crippen molar-refractivity contribution in [3.63, 3.8) is 0 Å². The molecule has 0 amide bonds. The highest BCUT2D eigenvalue weighted by molar-refractivity contribution is 4.99. The minimum absolute atomic E-state index is 0.180. The van der Waals surface area contributed by atoms with E-state index in [0.717, 1.165) is 13.2 Å². The van der Waals surface area contributed by atoms with E-state index in [2.05, 4.69) is 67.2 Å². The van der Waals surface area contributed by atoms with Crippen molar-refractivity contribution in [1.29, 1.82) is 0 Å². The zero-order valence-electron chi connectivity index (χ0n) is 13.9. The Bertz CT molecular complexity index is 255. The molecule has 1 heterocycles.